The number of amides is 4. The van der Waals surface area contributed by atoms with Crippen LogP contribution >= 0.6 is 0 Å². The maximum atomic E-state index is 13.1. The smallest absolute Gasteiger partial charge is 0.341 e. The molecule has 11 heteroatoms. The van der Waals surface area contributed by atoms with Crippen LogP contribution in [0, 0.1) is 0 Å². The molecule has 170 valence electrons. The van der Waals surface area contributed by atoms with E-state index in [2.05, 4.69) is 5.32 Å². The summed E-state index contributed by atoms with van der Waals surface area (Å²) in [6.07, 6.45) is 1.30. The second kappa shape index (κ2) is 8.91. The van der Waals surface area contributed by atoms with Crippen molar-refractivity contribution in [1.82, 2.24) is 5.32 Å². The Morgan fingerprint density at radius 1 is 1.09 bits per heavy atom. The number of ether oxygens (including phenoxy) is 4. The first-order valence-corrected chi connectivity index (χ1v) is 9.80. The molecule has 2 heterocycles. The van der Waals surface area contributed by atoms with E-state index in [9.17, 15) is 19.2 Å². The van der Waals surface area contributed by atoms with Gasteiger partial charge in [-0.2, -0.15) is 0 Å². The van der Waals surface area contributed by atoms with Gasteiger partial charge in [0, 0.05) is 6.07 Å². The number of nitrogens with zero attached hydrogens (tertiary/aromatic N) is 1. The molecule has 11 nitrogen and oxygen atoms in total. The highest BCUT2D eigenvalue weighted by Crippen LogP contribution is 2.36. The average Bonchev–Trinajstić information content (AvgIpc) is 3.24. The van der Waals surface area contributed by atoms with Crippen molar-refractivity contribution >= 4 is 35.6 Å². The van der Waals surface area contributed by atoms with Crippen LogP contribution in [0.5, 0.6) is 23.0 Å². The average molecular weight is 454 g/mol. The summed E-state index contributed by atoms with van der Waals surface area (Å²) in [6, 6.07) is 8.11. The van der Waals surface area contributed by atoms with E-state index in [-0.39, 0.29) is 36.2 Å². The van der Waals surface area contributed by atoms with Crippen LogP contribution in [0.15, 0.2) is 42.0 Å². The lowest BCUT2D eigenvalue weighted by Crippen LogP contribution is -2.54. The highest BCUT2D eigenvalue weighted by molar-refractivity contribution is 6.39. The fraction of sp³-hybridized carbons (Fsp3) is 0.182. The van der Waals surface area contributed by atoms with Crippen LogP contribution in [-0.2, 0) is 14.4 Å². The number of barbiturate groups is 1. The zero-order valence-electron chi connectivity index (χ0n) is 17.3. The molecule has 2 aliphatic rings. The first-order valence-electron chi connectivity index (χ1n) is 9.80. The van der Waals surface area contributed by atoms with E-state index in [0.29, 0.717) is 17.1 Å². The van der Waals surface area contributed by atoms with Crippen LogP contribution in [0.1, 0.15) is 12.5 Å². The maximum Gasteiger partial charge on any atom is 0.341 e. The van der Waals surface area contributed by atoms with Crippen LogP contribution < -0.4 is 29.2 Å². The number of carboxylic acid groups (broad SMARTS) is 1. The van der Waals surface area contributed by atoms with Crippen molar-refractivity contribution in [3.63, 3.8) is 0 Å². The minimum atomic E-state index is -1.15. The number of fused-ring (bicyclic) bond motifs is 1. The summed E-state index contributed by atoms with van der Waals surface area (Å²) in [4.78, 5) is 49.5. The van der Waals surface area contributed by atoms with Gasteiger partial charge in [-0.05, 0) is 42.8 Å². The molecule has 0 radical (unpaired) electrons. The van der Waals surface area contributed by atoms with E-state index in [0.717, 1.165) is 4.90 Å². The third-order valence-electron chi connectivity index (χ3n) is 4.65. The van der Waals surface area contributed by atoms with Crippen molar-refractivity contribution in [1.29, 1.82) is 0 Å². The van der Waals surface area contributed by atoms with Gasteiger partial charge >= 0.3 is 12.0 Å². The Bertz CT molecular complexity index is 1190. The molecule has 0 unspecified atom stereocenters. The molecule has 2 aliphatic heterocycles. The summed E-state index contributed by atoms with van der Waals surface area (Å²) in [5, 5.41) is 11.0. The Kier molecular flexibility index (Phi) is 5.85. The highest BCUT2D eigenvalue weighted by Gasteiger charge is 2.37. The summed E-state index contributed by atoms with van der Waals surface area (Å²) in [7, 11) is 0. The molecule has 0 bridgehead atoms. The minimum absolute atomic E-state index is 0.0247. The van der Waals surface area contributed by atoms with Gasteiger partial charge in [0.25, 0.3) is 11.8 Å². The summed E-state index contributed by atoms with van der Waals surface area (Å²) >= 11 is 0. The van der Waals surface area contributed by atoms with Crippen LogP contribution in [-0.4, -0.2) is 48.9 Å². The SMILES string of the molecule is CCOc1cc(C=C2C(=O)NC(=O)N(c3ccc4c(c3)OCO4)C2=O)ccc1OCC(=O)O. The number of carbonyl (C=O) groups is 4. The number of anilines is 1. The highest BCUT2D eigenvalue weighted by atomic mass is 16.7. The number of benzene rings is 2. The van der Waals surface area contributed by atoms with Crippen molar-refractivity contribution in [2.45, 2.75) is 6.92 Å². The number of aliphatic carboxylic acids is 1. The minimum Gasteiger partial charge on any atom is -0.490 e. The van der Waals surface area contributed by atoms with E-state index < -0.39 is 30.4 Å². The number of imide groups is 2. The zero-order chi connectivity index (χ0) is 23.5. The Morgan fingerprint density at radius 2 is 1.88 bits per heavy atom. The van der Waals surface area contributed by atoms with Gasteiger partial charge in [0.05, 0.1) is 12.3 Å². The Labute approximate surface area is 187 Å². The zero-order valence-corrected chi connectivity index (χ0v) is 17.3. The van der Waals surface area contributed by atoms with Gasteiger partial charge in [0.1, 0.15) is 5.57 Å². The monoisotopic (exact) mass is 454 g/mol. The summed E-state index contributed by atoms with van der Waals surface area (Å²) in [6.45, 7) is 1.47. The first kappa shape index (κ1) is 21.7. The van der Waals surface area contributed by atoms with Crippen molar-refractivity contribution in [3.8, 4) is 23.0 Å². The van der Waals surface area contributed by atoms with Crippen LogP contribution in [0.4, 0.5) is 10.5 Å². The number of carboxylic acids is 1. The standard InChI is InChI=1S/C22H18N2O9/c1-2-30-17-8-12(3-5-15(17)31-10-19(25)26)7-14-20(27)23-22(29)24(21(14)28)13-4-6-16-18(9-13)33-11-32-16/h3-9H,2,10-11H2,1H3,(H,25,26)(H,23,27,29). The molecule has 0 saturated carbocycles. The number of hydrogen-bond acceptors (Lipinski definition) is 8. The summed E-state index contributed by atoms with van der Waals surface area (Å²) in [5.41, 5.74) is 0.320. The molecule has 2 aromatic carbocycles. The molecule has 0 aromatic heterocycles. The van der Waals surface area contributed by atoms with Gasteiger partial charge in [-0.3, -0.25) is 14.9 Å². The Hall–Kier alpha value is -4.54. The topological polar surface area (TPSA) is 141 Å². The Balaban J connectivity index is 1.66. The lowest BCUT2D eigenvalue weighted by Gasteiger charge is -2.26. The first-order chi connectivity index (χ1) is 15.9. The third kappa shape index (κ3) is 4.42. The molecule has 4 rings (SSSR count). The lowest BCUT2D eigenvalue weighted by molar-refractivity contribution is -0.139. The Morgan fingerprint density at radius 3 is 2.64 bits per heavy atom. The number of urea groups is 1. The van der Waals surface area contributed by atoms with Crippen molar-refractivity contribution < 1.29 is 43.2 Å². The predicted octanol–water partition coefficient (Wildman–Crippen LogP) is 1.94. The lowest BCUT2D eigenvalue weighted by atomic mass is 10.1. The fourth-order valence-electron chi connectivity index (χ4n) is 3.22. The van der Waals surface area contributed by atoms with Gasteiger partial charge in [0.2, 0.25) is 6.79 Å². The van der Waals surface area contributed by atoms with E-state index in [1.165, 1.54) is 36.4 Å². The van der Waals surface area contributed by atoms with Crippen molar-refractivity contribution in [2.24, 2.45) is 0 Å². The molecule has 2 aromatic rings. The van der Waals surface area contributed by atoms with Crippen LogP contribution in [0.25, 0.3) is 6.08 Å². The number of rotatable bonds is 7. The molecule has 1 saturated heterocycles. The number of hydrogen-bond donors (Lipinski definition) is 2. The molecular weight excluding hydrogens is 436 g/mol. The van der Waals surface area contributed by atoms with Gasteiger partial charge in [-0.15, -0.1) is 0 Å². The van der Waals surface area contributed by atoms with E-state index in [1.54, 1.807) is 13.0 Å². The molecule has 0 spiro atoms. The van der Waals surface area contributed by atoms with E-state index in [4.69, 9.17) is 24.1 Å². The van der Waals surface area contributed by atoms with Crippen LogP contribution in [0.2, 0.25) is 0 Å². The summed E-state index contributed by atoms with van der Waals surface area (Å²) in [5.74, 6) is -1.56. The maximum absolute atomic E-state index is 13.1. The van der Waals surface area contributed by atoms with E-state index >= 15 is 0 Å². The third-order valence-corrected chi connectivity index (χ3v) is 4.65. The number of nitrogens with one attached hydrogen (secondary N) is 1. The largest absolute Gasteiger partial charge is 0.490 e. The fourth-order valence-corrected chi connectivity index (χ4v) is 3.22. The van der Waals surface area contributed by atoms with Gasteiger partial charge in [-0.25, -0.2) is 14.5 Å². The molecule has 33 heavy (non-hydrogen) atoms. The molecular formula is C22H18N2O9. The second-order valence-electron chi connectivity index (χ2n) is 6.82. The molecule has 1 fully saturated rings. The molecule has 2 N–H and O–H groups in total. The molecule has 0 aliphatic carbocycles. The normalized spacial score (nSPS) is 16.1. The molecule has 0 atom stereocenters. The quantitative estimate of drug-likeness (QED) is 0.474. The van der Waals surface area contributed by atoms with Crippen molar-refractivity contribution in [2.75, 3.05) is 24.9 Å². The van der Waals surface area contributed by atoms with Gasteiger partial charge in [0.15, 0.2) is 29.6 Å². The summed E-state index contributed by atoms with van der Waals surface area (Å²) < 4.78 is 21.2. The second-order valence-corrected chi connectivity index (χ2v) is 6.82. The molecule has 4 amide bonds. The van der Waals surface area contributed by atoms with Gasteiger partial charge in [-0.1, -0.05) is 6.07 Å². The predicted molar refractivity (Wildman–Crippen MR) is 112 cm³/mol. The van der Waals surface area contributed by atoms with Crippen molar-refractivity contribution in [3.05, 3.63) is 47.5 Å². The van der Waals surface area contributed by atoms with E-state index in [1.807, 2.05) is 0 Å². The van der Waals surface area contributed by atoms with Crippen LogP contribution in [0.3, 0.4) is 0 Å². The number of carbonyl (C=O) groups excluding carboxylic acids is 3. The van der Waals surface area contributed by atoms with Gasteiger partial charge < -0.3 is 24.1 Å².